The predicted octanol–water partition coefficient (Wildman–Crippen LogP) is 2.01. The molecule has 0 aliphatic carbocycles. The fraction of sp³-hybridized carbons (Fsp3) is 0.533. The Morgan fingerprint density at radius 2 is 1.95 bits per heavy atom. The first-order valence-corrected chi connectivity index (χ1v) is 7.51. The van der Waals surface area contributed by atoms with Crippen LogP contribution in [0.2, 0.25) is 0 Å². The molecular weight excluding hydrogens is 273 g/mol. The van der Waals surface area contributed by atoms with Crippen molar-refractivity contribution in [1.82, 2.24) is 9.80 Å². The van der Waals surface area contributed by atoms with E-state index in [1.807, 2.05) is 12.1 Å². The van der Waals surface area contributed by atoms with E-state index in [2.05, 4.69) is 16.7 Å². The second-order valence-corrected chi connectivity index (χ2v) is 5.70. The number of piperazine rings is 1. The number of nitrogens with zero attached hydrogens (tertiary/aromatic N) is 2. The van der Waals surface area contributed by atoms with E-state index in [0.29, 0.717) is 11.5 Å². The van der Waals surface area contributed by atoms with Crippen molar-refractivity contribution >= 4 is 17.2 Å². The van der Waals surface area contributed by atoms with Crippen LogP contribution in [0.4, 0.5) is 4.39 Å². The number of nitrogens with two attached hydrogens (primary N) is 1. The Morgan fingerprint density at radius 3 is 2.50 bits per heavy atom. The summed E-state index contributed by atoms with van der Waals surface area (Å²) >= 11 is 5.12. The van der Waals surface area contributed by atoms with E-state index < -0.39 is 0 Å². The number of hydrogen-bond donors (Lipinski definition) is 1. The maximum atomic E-state index is 13.6. The van der Waals surface area contributed by atoms with Gasteiger partial charge in [-0.1, -0.05) is 37.3 Å². The molecular formula is C15H22FN3S. The fourth-order valence-corrected chi connectivity index (χ4v) is 3.06. The maximum absolute atomic E-state index is 13.6. The molecule has 1 unspecified atom stereocenters. The third-order valence-corrected chi connectivity index (χ3v) is 4.19. The van der Waals surface area contributed by atoms with Gasteiger partial charge in [0.15, 0.2) is 0 Å². The van der Waals surface area contributed by atoms with Gasteiger partial charge in [0.05, 0.1) is 11.0 Å². The lowest BCUT2D eigenvalue weighted by atomic mass is 10.1. The van der Waals surface area contributed by atoms with Crippen LogP contribution in [0.3, 0.4) is 0 Å². The van der Waals surface area contributed by atoms with E-state index in [0.717, 1.165) is 38.2 Å². The minimum absolute atomic E-state index is 0.121. The Hall–Kier alpha value is -1.04. The molecule has 1 aromatic rings. The quantitative estimate of drug-likeness (QED) is 0.842. The van der Waals surface area contributed by atoms with E-state index in [1.54, 1.807) is 6.07 Å². The number of benzene rings is 1. The number of halogens is 1. The molecule has 20 heavy (non-hydrogen) atoms. The van der Waals surface area contributed by atoms with E-state index >= 15 is 0 Å². The van der Waals surface area contributed by atoms with Crippen molar-refractivity contribution in [3.63, 3.8) is 0 Å². The SMILES string of the molecule is CCC(C(N)=S)N1CCN(Cc2ccccc2F)CC1. The molecule has 0 spiro atoms. The normalized spacial score (nSPS) is 18.9. The molecule has 110 valence electrons. The van der Waals surface area contributed by atoms with Gasteiger partial charge in [0.2, 0.25) is 0 Å². The maximum Gasteiger partial charge on any atom is 0.127 e. The number of hydrogen-bond acceptors (Lipinski definition) is 3. The first-order chi connectivity index (χ1) is 9.61. The van der Waals surface area contributed by atoms with Crippen LogP contribution in [0.1, 0.15) is 18.9 Å². The molecule has 1 heterocycles. The Morgan fingerprint density at radius 1 is 1.30 bits per heavy atom. The van der Waals surface area contributed by atoms with Gasteiger partial charge in [-0.15, -0.1) is 0 Å². The zero-order valence-electron chi connectivity index (χ0n) is 11.9. The van der Waals surface area contributed by atoms with Crippen LogP contribution < -0.4 is 5.73 Å². The molecule has 1 aliphatic heterocycles. The average molecular weight is 295 g/mol. The molecule has 1 aliphatic rings. The van der Waals surface area contributed by atoms with Crippen molar-refractivity contribution in [2.75, 3.05) is 26.2 Å². The summed E-state index contributed by atoms with van der Waals surface area (Å²) in [6, 6.07) is 7.18. The molecule has 0 bridgehead atoms. The third kappa shape index (κ3) is 3.75. The highest BCUT2D eigenvalue weighted by Crippen LogP contribution is 2.14. The van der Waals surface area contributed by atoms with Gasteiger partial charge in [-0.05, 0) is 12.5 Å². The fourth-order valence-electron chi connectivity index (χ4n) is 2.74. The highest BCUT2D eigenvalue weighted by Gasteiger charge is 2.24. The minimum Gasteiger partial charge on any atom is -0.392 e. The van der Waals surface area contributed by atoms with Gasteiger partial charge in [0.25, 0.3) is 0 Å². The summed E-state index contributed by atoms with van der Waals surface area (Å²) in [5.74, 6) is -0.121. The molecule has 2 rings (SSSR count). The highest BCUT2D eigenvalue weighted by molar-refractivity contribution is 7.80. The highest BCUT2D eigenvalue weighted by atomic mass is 32.1. The first-order valence-electron chi connectivity index (χ1n) is 7.11. The monoisotopic (exact) mass is 295 g/mol. The van der Waals surface area contributed by atoms with E-state index in [9.17, 15) is 4.39 Å². The molecule has 3 nitrogen and oxygen atoms in total. The standard InChI is InChI=1S/C15H22FN3S/c1-2-14(15(17)20)19-9-7-18(8-10-19)11-12-5-3-4-6-13(12)16/h3-6,14H,2,7-11H2,1H3,(H2,17,20). The summed E-state index contributed by atoms with van der Waals surface area (Å²) < 4.78 is 13.6. The topological polar surface area (TPSA) is 32.5 Å². The molecule has 1 atom stereocenters. The van der Waals surface area contributed by atoms with Crippen molar-refractivity contribution in [3.8, 4) is 0 Å². The van der Waals surface area contributed by atoms with Gasteiger partial charge in [0, 0.05) is 38.3 Å². The van der Waals surface area contributed by atoms with Gasteiger partial charge in [0.1, 0.15) is 5.82 Å². The van der Waals surface area contributed by atoms with Crippen molar-refractivity contribution in [3.05, 3.63) is 35.6 Å². The van der Waals surface area contributed by atoms with Crippen LogP contribution in [0.5, 0.6) is 0 Å². The van der Waals surface area contributed by atoms with E-state index in [-0.39, 0.29) is 11.9 Å². The zero-order chi connectivity index (χ0) is 14.5. The van der Waals surface area contributed by atoms with Crippen LogP contribution in [0.25, 0.3) is 0 Å². The Labute approximate surface area is 125 Å². The van der Waals surface area contributed by atoms with Crippen LogP contribution in [0, 0.1) is 5.82 Å². The van der Waals surface area contributed by atoms with Gasteiger partial charge in [-0.2, -0.15) is 0 Å². The molecule has 0 amide bonds. The van der Waals surface area contributed by atoms with Crippen molar-refractivity contribution in [2.24, 2.45) is 5.73 Å². The largest absolute Gasteiger partial charge is 0.392 e. The lowest BCUT2D eigenvalue weighted by Gasteiger charge is -2.38. The second-order valence-electron chi connectivity index (χ2n) is 5.23. The molecule has 1 aromatic carbocycles. The van der Waals surface area contributed by atoms with Gasteiger partial charge in [-0.25, -0.2) is 4.39 Å². The van der Waals surface area contributed by atoms with Crippen molar-refractivity contribution in [1.29, 1.82) is 0 Å². The lowest BCUT2D eigenvalue weighted by Crippen LogP contribution is -2.53. The number of rotatable bonds is 5. The van der Waals surface area contributed by atoms with Gasteiger partial charge >= 0.3 is 0 Å². The summed E-state index contributed by atoms with van der Waals surface area (Å²) in [7, 11) is 0. The zero-order valence-corrected chi connectivity index (χ0v) is 12.7. The van der Waals surface area contributed by atoms with Crippen LogP contribution in [-0.4, -0.2) is 47.0 Å². The van der Waals surface area contributed by atoms with Crippen LogP contribution in [0.15, 0.2) is 24.3 Å². The van der Waals surface area contributed by atoms with Crippen LogP contribution >= 0.6 is 12.2 Å². The average Bonchev–Trinajstić information content (AvgIpc) is 2.43. The summed E-state index contributed by atoms with van der Waals surface area (Å²) in [6.07, 6.45) is 0.947. The smallest absolute Gasteiger partial charge is 0.127 e. The van der Waals surface area contributed by atoms with Gasteiger partial charge in [-0.3, -0.25) is 9.80 Å². The summed E-state index contributed by atoms with van der Waals surface area (Å²) in [6.45, 7) is 6.50. The second kappa shape index (κ2) is 7.11. The summed E-state index contributed by atoms with van der Waals surface area (Å²) in [5, 5.41) is 0. The molecule has 1 saturated heterocycles. The van der Waals surface area contributed by atoms with E-state index in [1.165, 1.54) is 6.07 Å². The summed E-state index contributed by atoms with van der Waals surface area (Å²) in [5.41, 5.74) is 6.55. The molecule has 0 aromatic heterocycles. The first kappa shape index (κ1) is 15.4. The van der Waals surface area contributed by atoms with E-state index in [4.69, 9.17) is 18.0 Å². The number of thiocarbonyl (C=S) groups is 1. The van der Waals surface area contributed by atoms with Crippen molar-refractivity contribution in [2.45, 2.75) is 25.9 Å². The Kier molecular flexibility index (Phi) is 5.46. The molecule has 5 heteroatoms. The molecule has 1 fully saturated rings. The predicted molar refractivity (Wildman–Crippen MR) is 84.1 cm³/mol. The molecule has 0 radical (unpaired) electrons. The molecule has 0 saturated carbocycles. The van der Waals surface area contributed by atoms with Gasteiger partial charge < -0.3 is 5.73 Å². The third-order valence-electron chi connectivity index (χ3n) is 3.91. The lowest BCUT2D eigenvalue weighted by molar-refractivity contribution is 0.111. The van der Waals surface area contributed by atoms with Crippen molar-refractivity contribution < 1.29 is 4.39 Å². The Bertz CT molecular complexity index is 458. The molecule has 2 N–H and O–H groups in total. The summed E-state index contributed by atoms with van der Waals surface area (Å²) in [4.78, 5) is 5.19. The minimum atomic E-state index is -0.121. The Balaban J connectivity index is 1.88. The van der Waals surface area contributed by atoms with Crippen LogP contribution in [-0.2, 0) is 6.54 Å².